The molecule has 0 saturated carbocycles. The van der Waals surface area contributed by atoms with Crippen LogP contribution in [-0.4, -0.2) is 26.8 Å². The van der Waals surface area contributed by atoms with Gasteiger partial charge in [-0.05, 0) is 36.2 Å². The normalized spacial score (nSPS) is 10.0. The van der Waals surface area contributed by atoms with E-state index in [1.807, 2.05) is 30.3 Å². The van der Waals surface area contributed by atoms with Crippen molar-refractivity contribution >= 4 is 23.3 Å². The van der Waals surface area contributed by atoms with Crippen molar-refractivity contribution in [3.05, 3.63) is 53.1 Å². The number of halogens is 1. The lowest BCUT2D eigenvalue weighted by atomic mass is 10.1. The lowest BCUT2D eigenvalue weighted by Gasteiger charge is -2.11. The number of anilines is 1. The van der Waals surface area contributed by atoms with E-state index in [1.54, 1.807) is 26.4 Å². The van der Waals surface area contributed by atoms with Crippen molar-refractivity contribution in [1.82, 2.24) is 5.32 Å². The number of carbonyl (C=O) groups is 1. The van der Waals surface area contributed by atoms with E-state index in [-0.39, 0.29) is 6.03 Å². The van der Waals surface area contributed by atoms with Gasteiger partial charge < -0.3 is 20.1 Å². The quantitative estimate of drug-likeness (QED) is 0.846. The standard InChI is InChI=1S/C17H19ClN2O3/c1-22-15-8-7-12(11-16(15)23-2)9-10-19-17(21)20-14-6-4-3-5-13(14)18/h3-8,11H,9-10H2,1-2H3,(H2,19,20,21). The Kier molecular flexibility index (Phi) is 6.11. The number of hydrogen-bond acceptors (Lipinski definition) is 3. The molecule has 6 heteroatoms. The highest BCUT2D eigenvalue weighted by Gasteiger charge is 2.06. The molecule has 0 unspecified atom stereocenters. The van der Waals surface area contributed by atoms with Gasteiger partial charge in [-0.1, -0.05) is 29.8 Å². The Balaban J connectivity index is 1.85. The molecule has 2 N–H and O–H groups in total. The zero-order valence-corrected chi connectivity index (χ0v) is 13.8. The molecular formula is C17H19ClN2O3. The highest BCUT2D eigenvalue weighted by Crippen LogP contribution is 2.27. The van der Waals surface area contributed by atoms with Crippen molar-refractivity contribution in [3.8, 4) is 11.5 Å². The Labute approximate surface area is 140 Å². The van der Waals surface area contributed by atoms with Crippen molar-refractivity contribution in [2.75, 3.05) is 26.1 Å². The van der Waals surface area contributed by atoms with Crippen LogP contribution in [0, 0.1) is 0 Å². The maximum Gasteiger partial charge on any atom is 0.319 e. The van der Waals surface area contributed by atoms with Gasteiger partial charge in [0.15, 0.2) is 11.5 Å². The van der Waals surface area contributed by atoms with Crippen LogP contribution in [-0.2, 0) is 6.42 Å². The molecule has 0 spiro atoms. The fourth-order valence-corrected chi connectivity index (χ4v) is 2.27. The van der Waals surface area contributed by atoms with Gasteiger partial charge in [-0.15, -0.1) is 0 Å². The van der Waals surface area contributed by atoms with Crippen LogP contribution in [0.1, 0.15) is 5.56 Å². The molecule has 0 radical (unpaired) electrons. The van der Waals surface area contributed by atoms with Gasteiger partial charge in [-0.25, -0.2) is 4.79 Å². The minimum atomic E-state index is -0.293. The van der Waals surface area contributed by atoms with Gasteiger partial charge in [-0.3, -0.25) is 0 Å². The monoisotopic (exact) mass is 334 g/mol. The summed E-state index contributed by atoms with van der Waals surface area (Å²) in [6.45, 7) is 0.492. The first-order chi connectivity index (χ1) is 11.1. The molecule has 23 heavy (non-hydrogen) atoms. The van der Waals surface area contributed by atoms with Crippen LogP contribution in [0.5, 0.6) is 11.5 Å². The summed E-state index contributed by atoms with van der Waals surface area (Å²) >= 11 is 5.99. The molecule has 0 aliphatic heterocycles. The molecule has 0 bridgehead atoms. The second kappa shape index (κ2) is 8.29. The fourth-order valence-electron chi connectivity index (χ4n) is 2.09. The van der Waals surface area contributed by atoms with Crippen LogP contribution in [0.3, 0.4) is 0 Å². The molecule has 0 saturated heterocycles. The zero-order valence-electron chi connectivity index (χ0n) is 13.1. The Morgan fingerprint density at radius 3 is 2.52 bits per heavy atom. The summed E-state index contributed by atoms with van der Waals surface area (Å²) in [5, 5.41) is 6.01. The Bertz CT molecular complexity index is 677. The number of nitrogens with one attached hydrogen (secondary N) is 2. The van der Waals surface area contributed by atoms with Gasteiger partial charge in [0.05, 0.1) is 24.9 Å². The van der Waals surface area contributed by atoms with Crippen LogP contribution < -0.4 is 20.1 Å². The van der Waals surface area contributed by atoms with E-state index in [1.165, 1.54) is 0 Å². The van der Waals surface area contributed by atoms with E-state index >= 15 is 0 Å². The lowest BCUT2D eigenvalue weighted by Crippen LogP contribution is -2.30. The average molecular weight is 335 g/mol. The number of urea groups is 1. The van der Waals surface area contributed by atoms with Crippen LogP contribution >= 0.6 is 11.6 Å². The summed E-state index contributed by atoms with van der Waals surface area (Å²) in [6, 6.07) is 12.5. The second-order valence-electron chi connectivity index (χ2n) is 4.80. The predicted molar refractivity (Wildman–Crippen MR) is 91.7 cm³/mol. The maximum atomic E-state index is 11.9. The second-order valence-corrected chi connectivity index (χ2v) is 5.21. The van der Waals surface area contributed by atoms with E-state index in [2.05, 4.69) is 10.6 Å². The highest BCUT2D eigenvalue weighted by molar-refractivity contribution is 6.33. The van der Waals surface area contributed by atoms with Gasteiger partial charge in [0, 0.05) is 6.54 Å². The van der Waals surface area contributed by atoms with Crippen molar-refractivity contribution in [1.29, 1.82) is 0 Å². The number of ether oxygens (including phenoxy) is 2. The van der Waals surface area contributed by atoms with Gasteiger partial charge in [0.25, 0.3) is 0 Å². The summed E-state index contributed by atoms with van der Waals surface area (Å²) in [4.78, 5) is 11.9. The third kappa shape index (κ3) is 4.79. The lowest BCUT2D eigenvalue weighted by molar-refractivity contribution is 0.252. The topological polar surface area (TPSA) is 59.6 Å². The molecule has 2 amide bonds. The molecule has 0 heterocycles. The zero-order chi connectivity index (χ0) is 16.7. The summed E-state index contributed by atoms with van der Waals surface area (Å²) in [5.74, 6) is 1.35. The summed E-state index contributed by atoms with van der Waals surface area (Å²) in [7, 11) is 3.19. The average Bonchev–Trinajstić information content (AvgIpc) is 2.56. The van der Waals surface area contributed by atoms with Crippen molar-refractivity contribution in [2.24, 2.45) is 0 Å². The number of hydrogen-bond donors (Lipinski definition) is 2. The number of benzene rings is 2. The molecule has 0 fully saturated rings. The minimum absolute atomic E-state index is 0.293. The SMILES string of the molecule is COc1ccc(CCNC(=O)Nc2ccccc2Cl)cc1OC. The third-order valence-electron chi connectivity index (χ3n) is 3.27. The molecule has 0 aliphatic rings. The van der Waals surface area contributed by atoms with Crippen LogP contribution in [0.15, 0.2) is 42.5 Å². The van der Waals surface area contributed by atoms with Crippen LogP contribution in [0.2, 0.25) is 5.02 Å². The third-order valence-corrected chi connectivity index (χ3v) is 3.60. The van der Waals surface area contributed by atoms with E-state index in [4.69, 9.17) is 21.1 Å². The van der Waals surface area contributed by atoms with Gasteiger partial charge in [0.1, 0.15) is 0 Å². The van der Waals surface area contributed by atoms with E-state index in [0.29, 0.717) is 35.2 Å². The summed E-state index contributed by atoms with van der Waals surface area (Å²) < 4.78 is 10.5. The van der Waals surface area contributed by atoms with Crippen LogP contribution in [0.4, 0.5) is 10.5 Å². The first kappa shape index (κ1) is 17.0. The number of carbonyl (C=O) groups excluding carboxylic acids is 1. The highest BCUT2D eigenvalue weighted by atomic mass is 35.5. The molecule has 2 rings (SSSR count). The number of para-hydroxylation sites is 1. The molecule has 0 aliphatic carbocycles. The van der Waals surface area contributed by atoms with E-state index in [0.717, 1.165) is 5.56 Å². The number of methoxy groups -OCH3 is 2. The molecular weight excluding hydrogens is 316 g/mol. The van der Waals surface area contributed by atoms with Crippen LogP contribution in [0.25, 0.3) is 0 Å². The van der Waals surface area contributed by atoms with Gasteiger partial charge in [0.2, 0.25) is 0 Å². The van der Waals surface area contributed by atoms with Crippen molar-refractivity contribution in [2.45, 2.75) is 6.42 Å². The molecule has 2 aromatic rings. The van der Waals surface area contributed by atoms with Gasteiger partial charge in [-0.2, -0.15) is 0 Å². The molecule has 0 aromatic heterocycles. The maximum absolute atomic E-state index is 11.9. The number of rotatable bonds is 6. The first-order valence-electron chi connectivity index (χ1n) is 7.14. The van der Waals surface area contributed by atoms with Crippen molar-refractivity contribution < 1.29 is 14.3 Å². The fraction of sp³-hybridized carbons (Fsp3) is 0.235. The summed E-state index contributed by atoms with van der Waals surface area (Å²) in [6.07, 6.45) is 0.677. The molecule has 0 atom stereocenters. The Hall–Kier alpha value is -2.40. The first-order valence-corrected chi connectivity index (χ1v) is 7.52. The van der Waals surface area contributed by atoms with E-state index < -0.39 is 0 Å². The van der Waals surface area contributed by atoms with E-state index in [9.17, 15) is 4.79 Å². The molecule has 122 valence electrons. The summed E-state index contributed by atoms with van der Waals surface area (Å²) in [5.41, 5.74) is 1.62. The smallest absolute Gasteiger partial charge is 0.319 e. The van der Waals surface area contributed by atoms with Gasteiger partial charge >= 0.3 is 6.03 Å². The molecule has 5 nitrogen and oxygen atoms in total. The minimum Gasteiger partial charge on any atom is -0.493 e. The predicted octanol–water partition coefficient (Wildman–Crippen LogP) is 3.72. The Morgan fingerprint density at radius 1 is 1.09 bits per heavy atom. The number of amides is 2. The molecule has 2 aromatic carbocycles. The Morgan fingerprint density at radius 2 is 1.83 bits per heavy atom. The largest absolute Gasteiger partial charge is 0.493 e. The van der Waals surface area contributed by atoms with Crippen molar-refractivity contribution in [3.63, 3.8) is 0 Å².